The standard InChI is InChI=1S/C6H6ClN2/c7-6-4(8)2-1-3-5(6)9/h1-2H,8-9H2. The first-order valence-electron chi connectivity index (χ1n) is 2.43. The Morgan fingerprint density at radius 2 is 2.11 bits per heavy atom. The van der Waals surface area contributed by atoms with E-state index in [1.807, 2.05) is 0 Å². The highest BCUT2D eigenvalue weighted by Crippen LogP contribution is 2.23. The minimum Gasteiger partial charge on any atom is -0.397 e. The van der Waals surface area contributed by atoms with Gasteiger partial charge in [0.05, 0.1) is 16.4 Å². The van der Waals surface area contributed by atoms with Crippen molar-refractivity contribution in [2.45, 2.75) is 0 Å². The monoisotopic (exact) mass is 141 g/mol. The Kier molecular flexibility index (Phi) is 1.49. The summed E-state index contributed by atoms with van der Waals surface area (Å²) in [4.78, 5) is 0. The second-order valence-electron chi connectivity index (χ2n) is 1.66. The van der Waals surface area contributed by atoms with E-state index in [4.69, 9.17) is 23.1 Å². The van der Waals surface area contributed by atoms with E-state index >= 15 is 0 Å². The molecule has 3 heteroatoms. The van der Waals surface area contributed by atoms with Crippen LogP contribution in [0.2, 0.25) is 5.02 Å². The van der Waals surface area contributed by atoms with E-state index in [0.29, 0.717) is 16.4 Å². The van der Waals surface area contributed by atoms with Crippen molar-refractivity contribution in [3.63, 3.8) is 0 Å². The van der Waals surface area contributed by atoms with E-state index in [9.17, 15) is 0 Å². The number of nitrogens with two attached hydrogens (primary N) is 2. The molecule has 1 radical (unpaired) electrons. The van der Waals surface area contributed by atoms with Crippen molar-refractivity contribution < 1.29 is 0 Å². The molecule has 0 aliphatic carbocycles. The van der Waals surface area contributed by atoms with Crippen LogP contribution in [0.5, 0.6) is 0 Å². The molecule has 1 aromatic rings. The van der Waals surface area contributed by atoms with Gasteiger partial charge < -0.3 is 11.5 Å². The fraction of sp³-hybridized carbons (Fsp3) is 0. The highest BCUT2D eigenvalue weighted by Gasteiger charge is 1.96. The molecule has 2 nitrogen and oxygen atoms in total. The van der Waals surface area contributed by atoms with Crippen LogP contribution >= 0.6 is 11.6 Å². The fourth-order valence-corrected chi connectivity index (χ4v) is 0.631. The summed E-state index contributed by atoms with van der Waals surface area (Å²) in [6.45, 7) is 0. The molecule has 9 heavy (non-hydrogen) atoms. The molecule has 0 unspecified atom stereocenters. The molecule has 0 aromatic heterocycles. The Bertz CT molecular complexity index is 202. The first-order chi connectivity index (χ1) is 4.22. The Balaban J connectivity index is 3.25. The molecule has 1 rings (SSSR count). The van der Waals surface area contributed by atoms with E-state index in [1.165, 1.54) is 0 Å². The summed E-state index contributed by atoms with van der Waals surface area (Å²) >= 11 is 5.60. The highest BCUT2D eigenvalue weighted by molar-refractivity contribution is 6.35. The van der Waals surface area contributed by atoms with Crippen molar-refractivity contribution >= 4 is 23.0 Å². The van der Waals surface area contributed by atoms with E-state index in [0.717, 1.165) is 0 Å². The third-order valence-electron chi connectivity index (χ3n) is 0.992. The van der Waals surface area contributed by atoms with Crippen molar-refractivity contribution in [1.29, 1.82) is 0 Å². The number of halogens is 1. The molecule has 0 aliphatic heterocycles. The van der Waals surface area contributed by atoms with Gasteiger partial charge >= 0.3 is 0 Å². The molecule has 1 aromatic carbocycles. The molecule has 0 atom stereocenters. The Hall–Kier alpha value is -0.890. The van der Waals surface area contributed by atoms with Crippen LogP contribution in [-0.4, -0.2) is 0 Å². The molecule has 4 N–H and O–H groups in total. The van der Waals surface area contributed by atoms with Gasteiger partial charge in [-0.15, -0.1) is 0 Å². The predicted octanol–water partition coefficient (Wildman–Crippen LogP) is 1.30. The fourth-order valence-electron chi connectivity index (χ4n) is 0.513. The minimum atomic E-state index is 0.387. The Labute approximate surface area is 58.4 Å². The molecule has 0 saturated carbocycles. The first kappa shape index (κ1) is 6.23. The van der Waals surface area contributed by atoms with Crippen molar-refractivity contribution in [2.24, 2.45) is 0 Å². The van der Waals surface area contributed by atoms with Gasteiger partial charge in [-0.1, -0.05) is 17.7 Å². The second kappa shape index (κ2) is 2.15. The number of hydrogen-bond acceptors (Lipinski definition) is 2. The summed E-state index contributed by atoms with van der Waals surface area (Å²) < 4.78 is 0. The molecular weight excluding hydrogens is 136 g/mol. The summed E-state index contributed by atoms with van der Waals surface area (Å²) in [5.74, 6) is 0. The third kappa shape index (κ3) is 1.08. The summed E-state index contributed by atoms with van der Waals surface area (Å²) in [6.07, 6.45) is 0. The van der Waals surface area contributed by atoms with Gasteiger partial charge in [-0.2, -0.15) is 0 Å². The second-order valence-corrected chi connectivity index (χ2v) is 2.04. The molecule has 0 aliphatic rings. The normalized spacial score (nSPS) is 9.44. The number of hydrogen-bond donors (Lipinski definition) is 2. The Morgan fingerprint density at radius 3 is 2.56 bits per heavy atom. The molecule has 0 spiro atoms. The topological polar surface area (TPSA) is 52.0 Å². The maximum Gasteiger partial charge on any atom is 0.0870 e. The molecule has 47 valence electrons. The van der Waals surface area contributed by atoms with Crippen molar-refractivity contribution in [3.8, 4) is 0 Å². The molecule has 0 fully saturated rings. The zero-order chi connectivity index (χ0) is 6.85. The smallest absolute Gasteiger partial charge is 0.0870 e. The SMILES string of the molecule is Nc1[c]ccc(N)c1Cl. The maximum absolute atomic E-state index is 5.60. The first-order valence-corrected chi connectivity index (χ1v) is 2.80. The molecule has 0 heterocycles. The lowest BCUT2D eigenvalue weighted by Gasteiger charge is -1.97. The van der Waals surface area contributed by atoms with Gasteiger partial charge in [0.15, 0.2) is 0 Å². The van der Waals surface area contributed by atoms with Crippen LogP contribution in [0.3, 0.4) is 0 Å². The van der Waals surface area contributed by atoms with Crippen LogP contribution in [0, 0.1) is 6.07 Å². The predicted molar refractivity (Wildman–Crippen MR) is 39.1 cm³/mol. The summed E-state index contributed by atoms with van der Waals surface area (Å²) in [5, 5.41) is 0.387. The van der Waals surface area contributed by atoms with Gasteiger partial charge in [0.2, 0.25) is 0 Å². The van der Waals surface area contributed by atoms with Crippen LogP contribution in [0.25, 0.3) is 0 Å². The van der Waals surface area contributed by atoms with Crippen LogP contribution in [0.4, 0.5) is 11.4 Å². The van der Waals surface area contributed by atoms with Gasteiger partial charge in [0, 0.05) is 6.07 Å². The van der Waals surface area contributed by atoms with E-state index in [2.05, 4.69) is 6.07 Å². The quantitative estimate of drug-likeness (QED) is 0.536. The highest BCUT2D eigenvalue weighted by atomic mass is 35.5. The average molecular weight is 142 g/mol. The number of nitrogen functional groups attached to an aromatic ring is 2. The van der Waals surface area contributed by atoms with Crippen molar-refractivity contribution in [2.75, 3.05) is 11.5 Å². The van der Waals surface area contributed by atoms with Gasteiger partial charge in [0.25, 0.3) is 0 Å². The lowest BCUT2D eigenvalue weighted by atomic mass is 10.3. The summed E-state index contributed by atoms with van der Waals surface area (Å²) in [5.41, 5.74) is 11.6. The average Bonchev–Trinajstić information content (AvgIpc) is 1.83. The van der Waals surface area contributed by atoms with Crippen LogP contribution < -0.4 is 11.5 Å². The summed E-state index contributed by atoms with van der Waals surface area (Å²) in [7, 11) is 0. The lowest BCUT2D eigenvalue weighted by molar-refractivity contribution is 1.65. The van der Waals surface area contributed by atoms with Gasteiger partial charge in [-0.05, 0) is 6.07 Å². The van der Waals surface area contributed by atoms with Gasteiger partial charge in [-0.3, -0.25) is 0 Å². The van der Waals surface area contributed by atoms with E-state index in [1.54, 1.807) is 12.1 Å². The maximum atomic E-state index is 5.60. The van der Waals surface area contributed by atoms with E-state index in [-0.39, 0.29) is 0 Å². The zero-order valence-corrected chi connectivity index (χ0v) is 5.44. The number of benzene rings is 1. The Morgan fingerprint density at radius 1 is 1.44 bits per heavy atom. The summed E-state index contributed by atoms with van der Waals surface area (Å²) in [6, 6.07) is 5.99. The van der Waals surface area contributed by atoms with Crippen molar-refractivity contribution in [1.82, 2.24) is 0 Å². The van der Waals surface area contributed by atoms with Gasteiger partial charge in [-0.25, -0.2) is 0 Å². The van der Waals surface area contributed by atoms with E-state index < -0.39 is 0 Å². The molecule has 0 amide bonds. The molecular formula is C6H6ClN2. The lowest BCUT2D eigenvalue weighted by Crippen LogP contribution is -1.91. The molecule has 0 bridgehead atoms. The van der Waals surface area contributed by atoms with Crippen LogP contribution in [-0.2, 0) is 0 Å². The minimum absolute atomic E-state index is 0.387. The third-order valence-corrected chi connectivity index (χ3v) is 1.41. The van der Waals surface area contributed by atoms with Crippen molar-refractivity contribution in [3.05, 3.63) is 23.2 Å². The molecule has 0 saturated heterocycles. The zero-order valence-electron chi connectivity index (χ0n) is 4.69. The largest absolute Gasteiger partial charge is 0.397 e. The number of anilines is 2. The number of rotatable bonds is 0. The van der Waals surface area contributed by atoms with Crippen LogP contribution in [0.15, 0.2) is 12.1 Å². The van der Waals surface area contributed by atoms with Crippen LogP contribution in [0.1, 0.15) is 0 Å². The van der Waals surface area contributed by atoms with Gasteiger partial charge in [0.1, 0.15) is 0 Å².